The molecular formula is C19H24N4O. The topological polar surface area (TPSA) is 48.5 Å². The van der Waals surface area contributed by atoms with Crippen molar-refractivity contribution in [3.05, 3.63) is 48.2 Å². The van der Waals surface area contributed by atoms with Crippen LogP contribution in [0.3, 0.4) is 0 Å². The fourth-order valence-corrected chi connectivity index (χ4v) is 2.86. The van der Waals surface area contributed by atoms with E-state index in [0.717, 1.165) is 31.0 Å². The summed E-state index contributed by atoms with van der Waals surface area (Å²) in [5.74, 6) is 0.444. The van der Waals surface area contributed by atoms with Gasteiger partial charge >= 0.3 is 0 Å². The molecule has 0 bridgehead atoms. The van der Waals surface area contributed by atoms with E-state index in [0.29, 0.717) is 11.4 Å². The molecule has 0 aliphatic carbocycles. The number of hydrogen-bond donors (Lipinski definition) is 1. The predicted molar refractivity (Wildman–Crippen MR) is 99.0 cm³/mol. The summed E-state index contributed by atoms with van der Waals surface area (Å²) in [5, 5.41) is 2.86. The lowest BCUT2D eigenvalue weighted by molar-refractivity contribution is 0.102. The smallest absolute Gasteiger partial charge is 0.256 e. The zero-order valence-corrected chi connectivity index (χ0v) is 14.3. The van der Waals surface area contributed by atoms with Gasteiger partial charge in [-0.05, 0) is 56.2 Å². The predicted octanol–water partition coefficient (Wildman–Crippen LogP) is 3.39. The molecule has 2 heterocycles. The molecule has 1 N–H and O–H groups in total. The van der Waals surface area contributed by atoms with Crippen molar-refractivity contribution in [3.8, 4) is 0 Å². The first-order chi connectivity index (χ1) is 11.7. The van der Waals surface area contributed by atoms with Crippen molar-refractivity contribution in [3.63, 3.8) is 0 Å². The van der Waals surface area contributed by atoms with Gasteiger partial charge in [-0.15, -0.1) is 0 Å². The van der Waals surface area contributed by atoms with Gasteiger partial charge in [-0.3, -0.25) is 4.79 Å². The molecule has 24 heavy (non-hydrogen) atoms. The number of amides is 1. The summed E-state index contributed by atoms with van der Waals surface area (Å²) in [4.78, 5) is 21.1. The Morgan fingerprint density at radius 3 is 2.46 bits per heavy atom. The highest BCUT2D eigenvalue weighted by molar-refractivity contribution is 6.04. The summed E-state index contributed by atoms with van der Waals surface area (Å²) in [7, 11) is 2.03. The van der Waals surface area contributed by atoms with Crippen molar-refractivity contribution >= 4 is 23.1 Å². The van der Waals surface area contributed by atoms with E-state index in [1.54, 1.807) is 0 Å². The summed E-state index contributed by atoms with van der Waals surface area (Å²) in [6, 6.07) is 11.5. The summed E-state index contributed by atoms with van der Waals surface area (Å²) in [6.45, 7) is 5.20. The Morgan fingerprint density at radius 2 is 1.88 bits per heavy atom. The van der Waals surface area contributed by atoms with Gasteiger partial charge in [0.2, 0.25) is 0 Å². The lowest BCUT2D eigenvalue weighted by Gasteiger charge is -2.17. The Labute approximate surface area is 143 Å². The second kappa shape index (κ2) is 7.34. The number of pyridine rings is 1. The van der Waals surface area contributed by atoms with Crippen molar-refractivity contribution in [1.29, 1.82) is 0 Å². The zero-order valence-electron chi connectivity index (χ0n) is 14.3. The number of nitrogens with one attached hydrogen (secondary N) is 1. The quantitative estimate of drug-likeness (QED) is 0.916. The van der Waals surface area contributed by atoms with Crippen molar-refractivity contribution in [2.75, 3.05) is 41.8 Å². The summed E-state index contributed by atoms with van der Waals surface area (Å²) in [6.07, 6.45) is 4.31. The molecule has 1 amide bonds. The molecule has 0 saturated carbocycles. The molecule has 1 aromatic carbocycles. The van der Waals surface area contributed by atoms with Crippen molar-refractivity contribution in [1.82, 2.24) is 4.98 Å². The Kier molecular flexibility index (Phi) is 4.99. The van der Waals surface area contributed by atoms with Gasteiger partial charge in [-0.1, -0.05) is 0 Å². The van der Waals surface area contributed by atoms with Gasteiger partial charge < -0.3 is 15.1 Å². The number of nitrogens with zero attached hydrogens (tertiary/aromatic N) is 3. The van der Waals surface area contributed by atoms with Gasteiger partial charge in [-0.25, -0.2) is 4.98 Å². The van der Waals surface area contributed by atoms with Crippen molar-refractivity contribution < 1.29 is 4.79 Å². The van der Waals surface area contributed by atoms with E-state index < -0.39 is 0 Å². The lowest BCUT2D eigenvalue weighted by atomic mass is 10.2. The first kappa shape index (κ1) is 16.3. The van der Waals surface area contributed by atoms with Crippen LogP contribution in [0.5, 0.6) is 0 Å². The van der Waals surface area contributed by atoms with Crippen LogP contribution in [-0.2, 0) is 0 Å². The van der Waals surface area contributed by atoms with E-state index in [-0.39, 0.29) is 5.91 Å². The minimum absolute atomic E-state index is 0.137. The molecule has 0 radical (unpaired) electrons. The molecule has 1 aliphatic heterocycles. The number of hydrogen-bond acceptors (Lipinski definition) is 4. The molecule has 1 fully saturated rings. The monoisotopic (exact) mass is 324 g/mol. The fourth-order valence-electron chi connectivity index (χ4n) is 2.86. The number of carbonyl (C=O) groups excluding carboxylic acids is 1. The standard InChI is InChI=1S/C19H24N4O/c1-3-22(2)16-8-6-15(7-9-16)19(24)21-18-11-10-17(14-20-18)23-12-4-5-13-23/h6-11,14H,3-5,12-13H2,1-2H3,(H,20,21,24). The van der Waals surface area contributed by atoms with E-state index in [2.05, 4.69) is 27.0 Å². The number of anilines is 3. The van der Waals surface area contributed by atoms with Crippen molar-refractivity contribution in [2.24, 2.45) is 0 Å². The molecular weight excluding hydrogens is 300 g/mol. The third-order valence-electron chi connectivity index (χ3n) is 4.51. The van der Waals surface area contributed by atoms with E-state index in [1.165, 1.54) is 12.8 Å². The number of rotatable bonds is 5. The Balaban J connectivity index is 1.63. The molecule has 0 unspecified atom stereocenters. The third kappa shape index (κ3) is 3.67. The average Bonchev–Trinajstić information content (AvgIpc) is 3.16. The molecule has 1 aliphatic rings. The average molecular weight is 324 g/mol. The highest BCUT2D eigenvalue weighted by Crippen LogP contribution is 2.20. The Hall–Kier alpha value is -2.56. The van der Waals surface area contributed by atoms with Crippen LogP contribution in [0.15, 0.2) is 42.6 Å². The highest BCUT2D eigenvalue weighted by Gasteiger charge is 2.13. The molecule has 2 aromatic rings. The van der Waals surface area contributed by atoms with Gasteiger partial charge in [0.05, 0.1) is 11.9 Å². The molecule has 5 heteroatoms. The van der Waals surface area contributed by atoms with E-state index >= 15 is 0 Å². The molecule has 1 aromatic heterocycles. The number of carbonyl (C=O) groups is 1. The SMILES string of the molecule is CCN(C)c1ccc(C(=O)Nc2ccc(N3CCCC3)cn2)cc1. The van der Waals surface area contributed by atoms with Crippen LogP contribution < -0.4 is 15.1 Å². The molecule has 3 rings (SSSR count). The summed E-state index contributed by atoms with van der Waals surface area (Å²) in [5.41, 5.74) is 2.85. The van der Waals surface area contributed by atoms with Crippen LogP contribution in [-0.4, -0.2) is 37.6 Å². The van der Waals surface area contributed by atoms with Gasteiger partial charge in [-0.2, -0.15) is 0 Å². The molecule has 0 atom stereocenters. The van der Waals surface area contributed by atoms with Crippen LogP contribution in [0.2, 0.25) is 0 Å². The molecule has 1 saturated heterocycles. The number of benzene rings is 1. The normalized spacial score (nSPS) is 13.8. The first-order valence-electron chi connectivity index (χ1n) is 8.51. The minimum atomic E-state index is -0.137. The third-order valence-corrected chi connectivity index (χ3v) is 4.51. The minimum Gasteiger partial charge on any atom is -0.375 e. The Bertz CT molecular complexity index is 676. The van der Waals surface area contributed by atoms with Crippen LogP contribution in [0.4, 0.5) is 17.2 Å². The maximum Gasteiger partial charge on any atom is 0.256 e. The second-order valence-corrected chi connectivity index (χ2v) is 6.11. The maximum absolute atomic E-state index is 12.3. The van der Waals surface area contributed by atoms with Gasteiger partial charge in [0.15, 0.2) is 0 Å². The fraction of sp³-hybridized carbons (Fsp3) is 0.368. The van der Waals surface area contributed by atoms with Crippen LogP contribution >= 0.6 is 0 Å². The Morgan fingerprint density at radius 1 is 1.17 bits per heavy atom. The van der Waals surface area contributed by atoms with E-state index in [1.807, 2.05) is 49.6 Å². The van der Waals surface area contributed by atoms with Crippen LogP contribution in [0.25, 0.3) is 0 Å². The van der Waals surface area contributed by atoms with E-state index in [9.17, 15) is 4.79 Å². The van der Waals surface area contributed by atoms with Gasteiger partial charge in [0.1, 0.15) is 5.82 Å². The number of aromatic nitrogens is 1. The molecule has 0 spiro atoms. The van der Waals surface area contributed by atoms with Crippen LogP contribution in [0, 0.1) is 0 Å². The molecule has 5 nitrogen and oxygen atoms in total. The molecule has 126 valence electrons. The zero-order chi connectivity index (χ0) is 16.9. The van der Waals surface area contributed by atoms with Crippen molar-refractivity contribution in [2.45, 2.75) is 19.8 Å². The summed E-state index contributed by atoms with van der Waals surface area (Å²) < 4.78 is 0. The second-order valence-electron chi connectivity index (χ2n) is 6.11. The lowest BCUT2D eigenvalue weighted by Crippen LogP contribution is -2.18. The van der Waals surface area contributed by atoms with E-state index in [4.69, 9.17) is 0 Å². The highest BCUT2D eigenvalue weighted by atomic mass is 16.1. The largest absolute Gasteiger partial charge is 0.375 e. The maximum atomic E-state index is 12.3. The van der Waals surface area contributed by atoms with Gasteiger partial charge in [0, 0.05) is 37.9 Å². The first-order valence-corrected chi connectivity index (χ1v) is 8.51. The van der Waals surface area contributed by atoms with Gasteiger partial charge in [0.25, 0.3) is 5.91 Å². The summed E-state index contributed by atoms with van der Waals surface area (Å²) >= 11 is 0. The van der Waals surface area contributed by atoms with Crippen LogP contribution in [0.1, 0.15) is 30.1 Å².